The molecule has 10 heavy (non-hydrogen) atoms. The Kier molecular flexibility index (Phi) is 3.47. The number of rotatable bonds is 3. The van der Waals surface area contributed by atoms with Crippen molar-refractivity contribution < 1.29 is 13.2 Å². The van der Waals surface area contributed by atoms with Crippen LogP contribution in [0, 0.1) is 5.92 Å². The van der Waals surface area contributed by atoms with Crippen molar-refractivity contribution in [1.29, 1.82) is 0 Å². The van der Waals surface area contributed by atoms with Gasteiger partial charge < -0.3 is 0 Å². The summed E-state index contributed by atoms with van der Waals surface area (Å²) in [6, 6.07) is 0. The van der Waals surface area contributed by atoms with Crippen LogP contribution in [0.3, 0.4) is 0 Å². The summed E-state index contributed by atoms with van der Waals surface area (Å²) < 4.78 is 35.2. The topological polar surface area (TPSA) is 0 Å². The van der Waals surface area contributed by atoms with E-state index in [0.717, 1.165) is 0 Å². The molecule has 0 fully saturated rings. The largest absolute Gasteiger partial charge is 0.391 e. The predicted molar refractivity (Wildman–Crippen MR) is 34.6 cm³/mol. The molecule has 0 aliphatic rings. The van der Waals surface area contributed by atoms with Crippen LogP contribution < -0.4 is 0 Å². The number of allylic oxidation sites excluding steroid dienone is 1. The summed E-state index contributed by atoms with van der Waals surface area (Å²) in [6.45, 7) is 4.53. The molecule has 0 saturated carbocycles. The molecule has 0 aromatic heterocycles. The Morgan fingerprint density at radius 1 is 1.50 bits per heavy atom. The fourth-order valence-corrected chi connectivity index (χ4v) is 0.532. The number of hydrogen-bond donors (Lipinski definition) is 0. The van der Waals surface area contributed by atoms with Gasteiger partial charge in [0.15, 0.2) is 0 Å². The SMILES string of the molecule is C=CCCC(C)C(F)(F)F. The minimum Gasteiger partial charge on any atom is -0.171 e. The first-order valence-corrected chi connectivity index (χ1v) is 3.16. The fraction of sp³-hybridized carbons (Fsp3) is 0.714. The fourth-order valence-electron chi connectivity index (χ4n) is 0.532. The molecular weight excluding hydrogens is 141 g/mol. The van der Waals surface area contributed by atoms with Crippen LogP contribution in [0.15, 0.2) is 12.7 Å². The predicted octanol–water partition coefficient (Wildman–Crippen LogP) is 3.15. The Labute approximate surface area is 58.7 Å². The first-order valence-electron chi connectivity index (χ1n) is 3.16. The number of alkyl halides is 3. The van der Waals surface area contributed by atoms with Gasteiger partial charge in [-0.2, -0.15) is 13.2 Å². The molecule has 0 radical (unpaired) electrons. The van der Waals surface area contributed by atoms with Crippen LogP contribution in [0.1, 0.15) is 19.8 Å². The lowest BCUT2D eigenvalue weighted by Gasteiger charge is -2.13. The molecular formula is C7H11F3. The Morgan fingerprint density at radius 3 is 2.30 bits per heavy atom. The maximum absolute atomic E-state index is 11.7. The summed E-state index contributed by atoms with van der Waals surface area (Å²) in [5, 5.41) is 0. The third-order valence-electron chi connectivity index (χ3n) is 1.36. The van der Waals surface area contributed by atoms with E-state index in [1.165, 1.54) is 13.0 Å². The number of halogens is 3. The molecule has 0 spiro atoms. The lowest BCUT2D eigenvalue weighted by Crippen LogP contribution is -2.19. The highest BCUT2D eigenvalue weighted by atomic mass is 19.4. The van der Waals surface area contributed by atoms with Gasteiger partial charge in [0.2, 0.25) is 0 Å². The summed E-state index contributed by atoms with van der Waals surface area (Å²) in [7, 11) is 0. The molecule has 1 unspecified atom stereocenters. The third-order valence-corrected chi connectivity index (χ3v) is 1.36. The molecule has 60 valence electrons. The van der Waals surface area contributed by atoms with Crippen LogP contribution in [0.5, 0.6) is 0 Å². The second-order valence-corrected chi connectivity index (χ2v) is 2.31. The zero-order valence-corrected chi connectivity index (χ0v) is 5.91. The minimum atomic E-state index is -4.04. The molecule has 0 bridgehead atoms. The molecule has 0 saturated heterocycles. The second-order valence-electron chi connectivity index (χ2n) is 2.31. The molecule has 0 aromatic rings. The summed E-state index contributed by atoms with van der Waals surface area (Å²) in [4.78, 5) is 0. The van der Waals surface area contributed by atoms with Crippen molar-refractivity contribution in [2.24, 2.45) is 5.92 Å². The molecule has 0 aliphatic carbocycles. The van der Waals surface area contributed by atoms with Crippen molar-refractivity contribution in [3.05, 3.63) is 12.7 Å². The van der Waals surface area contributed by atoms with Crippen molar-refractivity contribution in [3.8, 4) is 0 Å². The van der Waals surface area contributed by atoms with Crippen LogP contribution in [-0.2, 0) is 0 Å². The normalized spacial score (nSPS) is 14.8. The molecule has 0 amide bonds. The Morgan fingerprint density at radius 2 is 2.00 bits per heavy atom. The second kappa shape index (κ2) is 3.64. The van der Waals surface area contributed by atoms with Crippen LogP contribution >= 0.6 is 0 Å². The van der Waals surface area contributed by atoms with Crippen LogP contribution in [0.4, 0.5) is 13.2 Å². The zero-order valence-electron chi connectivity index (χ0n) is 5.91. The van der Waals surface area contributed by atoms with E-state index in [1.807, 2.05) is 0 Å². The molecule has 0 rings (SSSR count). The molecule has 0 nitrogen and oxygen atoms in total. The lowest BCUT2D eigenvalue weighted by atomic mass is 10.1. The van der Waals surface area contributed by atoms with Gasteiger partial charge in [0.25, 0.3) is 0 Å². The third kappa shape index (κ3) is 3.54. The smallest absolute Gasteiger partial charge is 0.171 e. The maximum Gasteiger partial charge on any atom is 0.391 e. The first-order chi connectivity index (χ1) is 4.48. The van der Waals surface area contributed by atoms with E-state index < -0.39 is 12.1 Å². The van der Waals surface area contributed by atoms with Crippen molar-refractivity contribution in [1.82, 2.24) is 0 Å². The molecule has 1 atom stereocenters. The Hall–Kier alpha value is -0.470. The van der Waals surface area contributed by atoms with Gasteiger partial charge in [0.05, 0.1) is 5.92 Å². The standard InChI is InChI=1S/C7H11F3/c1-3-4-5-6(2)7(8,9)10/h3,6H,1,4-5H2,2H3. The van der Waals surface area contributed by atoms with E-state index in [-0.39, 0.29) is 6.42 Å². The number of hydrogen-bond acceptors (Lipinski definition) is 0. The zero-order chi connectivity index (χ0) is 8.20. The van der Waals surface area contributed by atoms with E-state index in [2.05, 4.69) is 6.58 Å². The lowest BCUT2D eigenvalue weighted by molar-refractivity contribution is -0.170. The summed E-state index contributed by atoms with van der Waals surface area (Å²) in [6.07, 6.45) is -1.96. The van der Waals surface area contributed by atoms with Crippen molar-refractivity contribution in [2.45, 2.75) is 25.9 Å². The van der Waals surface area contributed by atoms with Gasteiger partial charge in [0, 0.05) is 0 Å². The molecule has 3 heteroatoms. The molecule has 0 heterocycles. The van der Waals surface area contributed by atoms with Gasteiger partial charge in [0.1, 0.15) is 0 Å². The van der Waals surface area contributed by atoms with Crippen molar-refractivity contribution >= 4 is 0 Å². The van der Waals surface area contributed by atoms with Crippen molar-refractivity contribution in [3.63, 3.8) is 0 Å². The highest BCUT2D eigenvalue weighted by molar-refractivity contribution is 4.71. The maximum atomic E-state index is 11.7. The molecule has 0 aliphatic heterocycles. The molecule has 0 aromatic carbocycles. The van der Waals surface area contributed by atoms with E-state index in [4.69, 9.17) is 0 Å². The van der Waals surface area contributed by atoms with Gasteiger partial charge in [-0.05, 0) is 12.8 Å². The average Bonchev–Trinajstić information content (AvgIpc) is 1.80. The summed E-state index contributed by atoms with van der Waals surface area (Å²) in [5.74, 6) is -1.20. The van der Waals surface area contributed by atoms with Gasteiger partial charge in [-0.1, -0.05) is 13.0 Å². The van der Waals surface area contributed by atoms with E-state index >= 15 is 0 Å². The van der Waals surface area contributed by atoms with Crippen LogP contribution in [0.2, 0.25) is 0 Å². The highest BCUT2D eigenvalue weighted by Crippen LogP contribution is 2.28. The van der Waals surface area contributed by atoms with Gasteiger partial charge in [-0.15, -0.1) is 6.58 Å². The summed E-state index contributed by atoms with van der Waals surface area (Å²) >= 11 is 0. The van der Waals surface area contributed by atoms with Gasteiger partial charge >= 0.3 is 6.18 Å². The van der Waals surface area contributed by atoms with Crippen molar-refractivity contribution in [2.75, 3.05) is 0 Å². The van der Waals surface area contributed by atoms with E-state index in [1.54, 1.807) is 0 Å². The van der Waals surface area contributed by atoms with Gasteiger partial charge in [-0.25, -0.2) is 0 Å². The summed E-state index contributed by atoms with van der Waals surface area (Å²) in [5.41, 5.74) is 0. The molecule has 0 N–H and O–H groups in total. The quantitative estimate of drug-likeness (QED) is 0.545. The average molecular weight is 152 g/mol. The first kappa shape index (κ1) is 9.53. The van der Waals surface area contributed by atoms with E-state index in [0.29, 0.717) is 6.42 Å². The van der Waals surface area contributed by atoms with Crippen LogP contribution in [0.25, 0.3) is 0 Å². The highest BCUT2D eigenvalue weighted by Gasteiger charge is 2.34. The van der Waals surface area contributed by atoms with E-state index in [9.17, 15) is 13.2 Å². The Balaban J connectivity index is 3.61. The van der Waals surface area contributed by atoms with Gasteiger partial charge in [-0.3, -0.25) is 0 Å². The monoisotopic (exact) mass is 152 g/mol. The van der Waals surface area contributed by atoms with Crippen LogP contribution in [-0.4, -0.2) is 6.18 Å². The Bertz CT molecular complexity index is 104. The minimum absolute atomic E-state index is 0.146.